The highest BCUT2D eigenvalue weighted by molar-refractivity contribution is 9.10. The van der Waals surface area contributed by atoms with Gasteiger partial charge in [0.1, 0.15) is 0 Å². The van der Waals surface area contributed by atoms with Crippen molar-refractivity contribution in [3.05, 3.63) is 10.2 Å². The van der Waals surface area contributed by atoms with Gasteiger partial charge < -0.3 is 0 Å². The summed E-state index contributed by atoms with van der Waals surface area (Å²) in [6.45, 7) is 4.06. The summed E-state index contributed by atoms with van der Waals surface area (Å²) < 4.78 is 2.33. The van der Waals surface area contributed by atoms with E-state index in [0.29, 0.717) is 11.7 Å². The fourth-order valence-corrected chi connectivity index (χ4v) is 1.93. The van der Waals surface area contributed by atoms with Crippen LogP contribution >= 0.6 is 15.9 Å². The van der Waals surface area contributed by atoms with Crippen molar-refractivity contribution in [3.63, 3.8) is 0 Å². The van der Waals surface area contributed by atoms with E-state index in [9.17, 15) is 4.79 Å². The Hall–Kier alpha value is -0.930. The zero-order chi connectivity index (χ0) is 10.0. The molecule has 0 atom stereocenters. The Bertz CT molecular complexity index is 364. The minimum absolute atomic E-state index is 0.302. The third kappa shape index (κ3) is 1.87. The molecule has 1 aromatic heterocycles. The molecule has 0 N–H and O–H groups in total. The molecule has 1 rings (SSSR count). The number of nitrogens with zero attached hydrogens (tertiary/aromatic N) is 3. The van der Waals surface area contributed by atoms with Crippen LogP contribution < -0.4 is 0 Å². The van der Waals surface area contributed by atoms with E-state index < -0.39 is 0 Å². The fraction of sp³-hybridized carbons (Fsp3) is 0.500. The molecule has 0 amide bonds. The number of hydrogen-bond acceptors (Lipinski definition) is 3. The van der Waals surface area contributed by atoms with Crippen LogP contribution in [0.1, 0.15) is 25.5 Å². The Morgan fingerprint density at radius 2 is 2.23 bits per heavy atom. The highest BCUT2D eigenvalue weighted by Gasteiger charge is 2.15. The average molecular weight is 244 g/mol. The zero-order valence-electron chi connectivity index (χ0n) is 7.71. The van der Waals surface area contributed by atoms with Crippen LogP contribution in [0.3, 0.4) is 0 Å². The van der Waals surface area contributed by atoms with Gasteiger partial charge in [0.2, 0.25) is 6.08 Å². The third-order valence-corrected chi connectivity index (χ3v) is 2.44. The summed E-state index contributed by atoms with van der Waals surface area (Å²) in [6.07, 6.45) is 1.50. The first-order chi connectivity index (χ1) is 6.07. The van der Waals surface area contributed by atoms with E-state index in [0.717, 1.165) is 10.2 Å². The molecule has 1 heterocycles. The van der Waals surface area contributed by atoms with Crippen molar-refractivity contribution >= 4 is 27.8 Å². The predicted octanol–water partition coefficient (Wildman–Crippen LogP) is 2.27. The van der Waals surface area contributed by atoms with Gasteiger partial charge in [-0.05, 0) is 21.8 Å². The molecule has 0 aliphatic rings. The smallest absolute Gasteiger partial charge is 0.242 e. The second-order valence-corrected chi connectivity index (χ2v) is 3.80. The second-order valence-electron chi connectivity index (χ2n) is 3.00. The van der Waals surface area contributed by atoms with Crippen molar-refractivity contribution in [1.29, 1.82) is 0 Å². The number of rotatable bonds is 2. The third-order valence-electron chi connectivity index (χ3n) is 1.68. The van der Waals surface area contributed by atoms with Crippen molar-refractivity contribution in [2.45, 2.75) is 19.8 Å². The first kappa shape index (κ1) is 10.2. The minimum Gasteiger partial charge on any atom is -0.249 e. The van der Waals surface area contributed by atoms with Crippen LogP contribution in [-0.4, -0.2) is 15.9 Å². The molecule has 13 heavy (non-hydrogen) atoms. The molecule has 5 heteroatoms. The number of aromatic nitrogens is 2. The van der Waals surface area contributed by atoms with Crippen molar-refractivity contribution < 1.29 is 4.79 Å². The molecule has 0 spiro atoms. The maximum atomic E-state index is 10.1. The van der Waals surface area contributed by atoms with Gasteiger partial charge in [-0.2, -0.15) is 5.10 Å². The monoisotopic (exact) mass is 243 g/mol. The van der Waals surface area contributed by atoms with Crippen molar-refractivity contribution in [3.8, 4) is 0 Å². The van der Waals surface area contributed by atoms with Gasteiger partial charge in [-0.1, -0.05) is 13.8 Å². The highest BCUT2D eigenvalue weighted by Crippen LogP contribution is 2.32. The molecule has 0 aliphatic carbocycles. The van der Waals surface area contributed by atoms with Gasteiger partial charge in [-0.3, -0.25) is 0 Å². The topological polar surface area (TPSA) is 47.2 Å². The van der Waals surface area contributed by atoms with Gasteiger partial charge in [0.15, 0.2) is 5.82 Å². The number of carbonyl (C=O) groups excluding carboxylic acids is 1. The van der Waals surface area contributed by atoms with Gasteiger partial charge in [0.05, 0.1) is 10.2 Å². The Balaban J connectivity index is 3.30. The van der Waals surface area contributed by atoms with Crippen molar-refractivity contribution in [1.82, 2.24) is 9.78 Å². The number of isocyanates is 1. The summed E-state index contributed by atoms with van der Waals surface area (Å²) in [5.74, 6) is 0.815. The molecule has 0 unspecified atom stereocenters. The first-order valence-electron chi connectivity index (χ1n) is 3.88. The van der Waals surface area contributed by atoms with Crippen LogP contribution in [0.5, 0.6) is 0 Å². The SMILES string of the molecule is CC(C)c1nn(C)c(N=C=O)c1Br. The lowest BCUT2D eigenvalue weighted by atomic mass is 10.1. The Morgan fingerprint density at radius 3 is 2.62 bits per heavy atom. The molecule has 4 nitrogen and oxygen atoms in total. The summed E-state index contributed by atoms with van der Waals surface area (Å²) in [5.41, 5.74) is 0.900. The summed E-state index contributed by atoms with van der Waals surface area (Å²) in [4.78, 5) is 13.7. The lowest BCUT2D eigenvalue weighted by Gasteiger charge is -1.97. The van der Waals surface area contributed by atoms with Gasteiger partial charge in [-0.15, -0.1) is 4.99 Å². The van der Waals surface area contributed by atoms with Crippen LogP contribution in [0.2, 0.25) is 0 Å². The standard InChI is InChI=1S/C8H10BrN3O/c1-5(2)7-6(9)8(10-4-13)12(3)11-7/h5H,1-3H3. The molecule has 0 saturated carbocycles. The Labute approximate surface area is 84.8 Å². The van der Waals surface area contributed by atoms with E-state index >= 15 is 0 Å². The van der Waals surface area contributed by atoms with Crippen LogP contribution in [0.25, 0.3) is 0 Å². The maximum absolute atomic E-state index is 10.1. The molecule has 0 aromatic carbocycles. The Morgan fingerprint density at radius 1 is 1.62 bits per heavy atom. The van der Waals surface area contributed by atoms with Gasteiger partial charge in [-0.25, -0.2) is 9.48 Å². The lowest BCUT2D eigenvalue weighted by Crippen LogP contribution is -1.93. The molecular weight excluding hydrogens is 234 g/mol. The van der Waals surface area contributed by atoms with Crippen LogP contribution in [0, 0.1) is 0 Å². The molecule has 0 fully saturated rings. The normalized spacial score (nSPS) is 10.2. The van der Waals surface area contributed by atoms with Gasteiger partial charge in [0, 0.05) is 7.05 Å². The molecule has 0 saturated heterocycles. The highest BCUT2D eigenvalue weighted by atomic mass is 79.9. The average Bonchev–Trinajstić information content (AvgIpc) is 2.32. The molecule has 1 aromatic rings. The summed E-state index contributed by atoms with van der Waals surface area (Å²) in [6, 6.07) is 0. The summed E-state index contributed by atoms with van der Waals surface area (Å²) >= 11 is 3.35. The molecule has 0 bridgehead atoms. The van der Waals surface area contributed by atoms with E-state index in [-0.39, 0.29) is 0 Å². The molecule has 70 valence electrons. The van der Waals surface area contributed by atoms with E-state index in [1.807, 2.05) is 13.8 Å². The first-order valence-corrected chi connectivity index (χ1v) is 4.67. The van der Waals surface area contributed by atoms with E-state index in [1.54, 1.807) is 11.7 Å². The lowest BCUT2D eigenvalue weighted by molar-refractivity contribution is 0.564. The summed E-state index contributed by atoms with van der Waals surface area (Å²) in [5, 5.41) is 4.23. The van der Waals surface area contributed by atoms with Crippen molar-refractivity contribution in [2.24, 2.45) is 12.0 Å². The fourth-order valence-electron chi connectivity index (χ4n) is 1.04. The van der Waals surface area contributed by atoms with E-state index in [4.69, 9.17) is 0 Å². The number of aliphatic imine (C=N–C) groups is 1. The Kier molecular flexibility index (Phi) is 3.01. The predicted molar refractivity (Wildman–Crippen MR) is 52.8 cm³/mol. The molecular formula is C8H10BrN3O. The van der Waals surface area contributed by atoms with Gasteiger partial charge >= 0.3 is 0 Å². The zero-order valence-corrected chi connectivity index (χ0v) is 9.29. The molecule has 0 aliphatic heterocycles. The van der Waals surface area contributed by atoms with Gasteiger partial charge in [0.25, 0.3) is 0 Å². The van der Waals surface area contributed by atoms with Crippen LogP contribution in [-0.2, 0) is 11.8 Å². The summed E-state index contributed by atoms with van der Waals surface area (Å²) in [7, 11) is 1.74. The van der Waals surface area contributed by atoms with Crippen LogP contribution in [0.4, 0.5) is 5.82 Å². The second kappa shape index (κ2) is 3.85. The largest absolute Gasteiger partial charge is 0.249 e. The van der Waals surface area contributed by atoms with Crippen LogP contribution in [0.15, 0.2) is 9.47 Å². The maximum Gasteiger partial charge on any atom is 0.242 e. The quantitative estimate of drug-likeness (QED) is 0.591. The van der Waals surface area contributed by atoms with Crippen molar-refractivity contribution in [2.75, 3.05) is 0 Å². The van der Waals surface area contributed by atoms with E-state index in [1.165, 1.54) is 6.08 Å². The number of hydrogen-bond donors (Lipinski definition) is 0. The number of aryl methyl sites for hydroxylation is 1. The van der Waals surface area contributed by atoms with E-state index in [2.05, 4.69) is 26.0 Å². The minimum atomic E-state index is 0.302. The number of halogens is 1. The molecule has 0 radical (unpaired) electrons.